The van der Waals surface area contributed by atoms with E-state index in [1.54, 1.807) is 6.08 Å². The average molecular weight is 229 g/mol. The Morgan fingerprint density at radius 3 is 2.50 bits per heavy atom. The number of hydrogen-bond donors (Lipinski definition) is 1. The number of aliphatic carboxylic acids is 1. The van der Waals surface area contributed by atoms with Crippen molar-refractivity contribution in [1.82, 2.24) is 0 Å². The Morgan fingerprint density at radius 1 is 1.50 bits per heavy atom. The van der Waals surface area contributed by atoms with E-state index in [0.29, 0.717) is 0 Å². The highest BCUT2D eigenvalue weighted by Gasteiger charge is 2.14. The van der Waals surface area contributed by atoms with Crippen molar-refractivity contribution in [2.45, 2.75) is 9.60 Å². The first kappa shape index (κ1) is 11.1. The van der Waals surface area contributed by atoms with Gasteiger partial charge in [0, 0.05) is 4.90 Å². The quantitative estimate of drug-likeness (QED) is 0.636. The summed E-state index contributed by atoms with van der Waals surface area (Å²) in [6.45, 7) is 3.62. The maximum absolute atomic E-state index is 10.5. The fourth-order valence-electron chi connectivity index (χ4n) is 0.852. The van der Waals surface area contributed by atoms with Gasteiger partial charge in [0.2, 0.25) is 0 Å². The van der Waals surface area contributed by atoms with Gasteiger partial charge in [-0.15, -0.1) is 0 Å². The third-order valence-electron chi connectivity index (χ3n) is 1.55. The van der Waals surface area contributed by atoms with Crippen LogP contribution in [-0.2, 0) is 4.79 Å². The largest absolute Gasteiger partial charge is 0.480 e. The summed E-state index contributed by atoms with van der Waals surface area (Å²) < 4.78 is -0.940. The third-order valence-corrected chi connectivity index (χ3v) is 2.96. The molecule has 14 heavy (non-hydrogen) atoms. The molecule has 0 heterocycles. The van der Waals surface area contributed by atoms with Gasteiger partial charge in [0.25, 0.3) is 0 Å². The van der Waals surface area contributed by atoms with Gasteiger partial charge in [-0.05, 0) is 17.7 Å². The Labute approximate surface area is 91.6 Å². The van der Waals surface area contributed by atoms with Gasteiger partial charge >= 0.3 is 5.97 Å². The number of hydrogen-bond acceptors (Lipinski definition) is 2. The number of rotatable bonds is 4. The molecule has 1 aromatic carbocycles. The summed E-state index contributed by atoms with van der Waals surface area (Å²) in [5.41, 5.74) is 0.996. The number of carboxylic acid groups (broad SMARTS) is 1. The summed E-state index contributed by atoms with van der Waals surface area (Å²) >= 11 is 6.67. The van der Waals surface area contributed by atoms with Gasteiger partial charge in [-0.3, -0.25) is 0 Å². The molecule has 1 aromatic rings. The summed E-state index contributed by atoms with van der Waals surface area (Å²) in [4.78, 5) is 11.3. The molecule has 0 fully saturated rings. The highest BCUT2D eigenvalue weighted by atomic mass is 35.5. The van der Waals surface area contributed by atoms with Gasteiger partial charge in [-0.25, -0.2) is 4.79 Å². The van der Waals surface area contributed by atoms with Gasteiger partial charge in [-0.2, -0.15) is 0 Å². The average Bonchev–Trinajstić information content (AvgIpc) is 2.19. The predicted molar refractivity (Wildman–Crippen MR) is 59.7 cm³/mol. The third kappa shape index (κ3) is 3.09. The van der Waals surface area contributed by atoms with Crippen molar-refractivity contribution in [3.8, 4) is 0 Å². The lowest BCUT2D eigenvalue weighted by atomic mass is 10.2. The molecule has 74 valence electrons. The minimum absolute atomic E-state index is 0.831. The highest BCUT2D eigenvalue weighted by molar-refractivity contribution is 8.01. The Hall–Kier alpha value is -0.930. The van der Waals surface area contributed by atoms with Crippen LogP contribution in [0.2, 0.25) is 0 Å². The van der Waals surface area contributed by atoms with Crippen LogP contribution in [0.5, 0.6) is 0 Å². The molecule has 0 amide bonds. The van der Waals surface area contributed by atoms with Crippen LogP contribution in [0.15, 0.2) is 35.7 Å². The van der Waals surface area contributed by atoms with Gasteiger partial charge in [0.1, 0.15) is 0 Å². The smallest absolute Gasteiger partial charge is 0.332 e. The lowest BCUT2D eigenvalue weighted by molar-refractivity contribution is -0.134. The molecule has 1 atom stereocenters. The van der Waals surface area contributed by atoms with E-state index in [-0.39, 0.29) is 0 Å². The number of thioether (sulfide) groups is 1. The van der Waals surface area contributed by atoms with E-state index in [1.165, 1.54) is 0 Å². The predicted octanol–water partition coefficient (Wildman–Crippen LogP) is 3.07. The van der Waals surface area contributed by atoms with E-state index in [1.807, 2.05) is 24.3 Å². The van der Waals surface area contributed by atoms with E-state index in [0.717, 1.165) is 22.2 Å². The number of carbonyl (C=O) groups is 1. The van der Waals surface area contributed by atoms with Gasteiger partial charge in [0.05, 0.1) is 0 Å². The number of alkyl halides is 1. The van der Waals surface area contributed by atoms with Crippen LogP contribution in [0.25, 0.3) is 6.08 Å². The summed E-state index contributed by atoms with van der Waals surface area (Å²) in [6, 6.07) is 7.36. The van der Waals surface area contributed by atoms with E-state index in [4.69, 9.17) is 16.7 Å². The monoisotopic (exact) mass is 228 g/mol. The second-order valence-corrected chi connectivity index (χ2v) is 4.42. The van der Waals surface area contributed by atoms with Crippen LogP contribution in [0, 0.1) is 0 Å². The summed E-state index contributed by atoms with van der Waals surface area (Å²) in [5, 5.41) is 8.58. The molecule has 4 heteroatoms. The van der Waals surface area contributed by atoms with Crippen LogP contribution >= 0.6 is 23.4 Å². The first-order chi connectivity index (χ1) is 6.63. The molecule has 0 aliphatic rings. The molecule has 0 saturated heterocycles. The van der Waals surface area contributed by atoms with Crippen LogP contribution in [0.4, 0.5) is 0 Å². The van der Waals surface area contributed by atoms with Gasteiger partial charge in [0.15, 0.2) is 4.71 Å². The van der Waals surface area contributed by atoms with E-state index < -0.39 is 10.7 Å². The van der Waals surface area contributed by atoms with Crippen LogP contribution in [-0.4, -0.2) is 15.8 Å². The Kier molecular flexibility index (Phi) is 4.04. The topological polar surface area (TPSA) is 37.3 Å². The Morgan fingerprint density at radius 2 is 2.07 bits per heavy atom. The van der Waals surface area contributed by atoms with Crippen molar-refractivity contribution in [2.24, 2.45) is 0 Å². The van der Waals surface area contributed by atoms with Crippen molar-refractivity contribution < 1.29 is 9.90 Å². The molecular formula is C10H9ClO2S. The number of halogens is 1. The summed E-state index contributed by atoms with van der Waals surface area (Å²) in [7, 11) is 0. The lowest BCUT2D eigenvalue weighted by Crippen LogP contribution is -2.07. The van der Waals surface area contributed by atoms with Gasteiger partial charge < -0.3 is 5.11 Å². The SMILES string of the molecule is C=Cc1ccc(SC(Cl)C(=O)O)cc1. The molecule has 0 radical (unpaired) electrons. The fraction of sp³-hybridized carbons (Fsp3) is 0.100. The molecule has 0 aromatic heterocycles. The van der Waals surface area contributed by atoms with Crippen molar-refractivity contribution >= 4 is 35.4 Å². The zero-order chi connectivity index (χ0) is 10.6. The van der Waals surface area contributed by atoms with Crippen molar-refractivity contribution in [3.63, 3.8) is 0 Å². The molecule has 0 aliphatic carbocycles. The first-order valence-corrected chi connectivity index (χ1v) is 5.21. The van der Waals surface area contributed by atoms with Crippen LogP contribution in [0.1, 0.15) is 5.56 Å². The van der Waals surface area contributed by atoms with Crippen LogP contribution in [0.3, 0.4) is 0 Å². The second kappa shape index (κ2) is 5.08. The zero-order valence-electron chi connectivity index (χ0n) is 7.31. The van der Waals surface area contributed by atoms with Crippen molar-refractivity contribution in [3.05, 3.63) is 36.4 Å². The van der Waals surface area contributed by atoms with E-state index >= 15 is 0 Å². The Balaban J connectivity index is 2.68. The first-order valence-electron chi connectivity index (χ1n) is 3.89. The molecule has 1 N–H and O–H groups in total. The van der Waals surface area contributed by atoms with E-state index in [9.17, 15) is 4.79 Å². The van der Waals surface area contributed by atoms with Gasteiger partial charge in [-0.1, -0.05) is 48.2 Å². The molecule has 0 spiro atoms. The maximum atomic E-state index is 10.5. The molecular weight excluding hydrogens is 220 g/mol. The fourth-order valence-corrected chi connectivity index (χ4v) is 1.79. The molecule has 1 rings (SSSR count). The lowest BCUT2D eigenvalue weighted by Gasteiger charge is -2.03. The molecule has 0 aliphatic heterocycles. The standard InChI is InChI=1S/C10H9ClO2S/c1-2-7-3-5-8(6-4-7)14-9(11)10(12)13/h2-6,9H,1H2,(H,12,13). The maximum Gasteiger partial charge on any atom is 0.332 e. The zero-order valence-corrected chi connectivity index (χ0v) is 8.89. The molecule has 0 bridgehead atoms. The van der Waals surface area contributed by atoms with Crippen molar-refractivity contribution in [2.75, 3.05) is 0 Å². The number of carboxylic acids is 1. The Bertz CT molecular complexity index is 334. The minimum atomic E-state index is -1.02. The summed E-state index contributed by atoms with van der Waals surface area (Å²) in [6.07, 6.45) is 1.73. The van der Waals surface area contributed by atoms with Crippen molar-refractivity contribution in [1.29, 1.82) is 0 Å². The summed E-state index contributed by atoms with van der Waals surface area (Å²) in [5.74, 6) is -1.02. The minimum Gasteiger partial charge on any atom is -0.480 e. The molecule has 2 nitrogen and oxygen atoms in total. The molecule has 0 saturated carbocycles. The highest BCUT2D eigenvalue weighted by Crippen LogP contribution is 2.26. The molecule has 1 unspecified atom stereocenters. The second-order valence-electron chi connectivity index (χ2n) is 2.55. The van der Waals surface area contributed by atoms with E-state index in [2.05, 4.69) is 6.58 Å². The number of benzene rings is 1. The normalized spacial score (nSPS) is 12.1. The van der Waals surface area contributed by atoms with Crippen LogP contribution < -0.4 is 0 Å².